The lowest BCUT2D eigenvalue weighted by Gasteiger charge is -1.98. The Morgan fingerprint density at radius 3 is 2.60 bits per heavy atom. The molecule has 0 aromatic rings. The zero-order chi connectivity index (χ0) is 7.66. The first-order valence-electron chi connectivity index (χ1n) is 3.98. The first-order chi connectivity index (χ1) is 4.91. The van der Waals surface area contributed by atoms with Crippen molar-refractivity contribution >= 4 is 19.8 Å². The largest absolute Gasteiger partial charge is 0.444 e. The summed E-state index contributed by atoms with van der Waals surface area (Å²) in [5.41, 5.74) is 0. The number of unbranched alkanes of at least 4 members (excludes halogenated alkanes) is 1. The lowest BCUT2D eigenvalue weighted by molar-refractivity contribution is 0.350. The molecule has 0 aliphatic carbocycles. The van der Waals surface area contributed by atoms with Gasteiger partial charge in [-0.25, -0.2) is 0 Å². The Bertz CT molecular complexity index is 53.6. The van der Waals surface area contributed by atoms with Gasteiger partial charge in [-0.2, -0.15) is 11.8 Å². The van der Waals surface area contributed by atoms with Crippen molar-refractivity contribution in [2.75, 3.05) is 18.1 Å². The fourth-order valence-corrected chi connectivity index (χ4v) is 1.67. The molecule has 0 spiro atoms. The van der Waals surface area contributed by atoms with E-state index in [4.69, 9.17) is 4.65 Å². The van der Waals surface area contributed by atoms with Crippen LogP contribution < -0.4 is 0 Å². The van der Waals surface area contributed by atoms with Crippen LogP contribution in [0.4, 0.5) is 0 Å². The monoisotopic (exact) mass is 160 g/mol. The van der Waals surface area contributed by atoms with Crippen LogP contribution in [-0.2, 0) is 4.65 Å². The Labute approximate surface area is 69.4 Å². The van der Waals surface area contributed by atoms with Gasteiger partial charge < -0.3 is 4.65 Å². The zero-order valence-corrected chi connectivity index (χ0v) is 7.88. The number of hydrogen-bond acceptors (Lipinski definition) is 2. The van der Waals surface area contributed by atoms with Crippen molar-refractivity contribution in [2.45, 2.75) is 26.2 Å². The molecular weight excluding hydrogens is 143 g/mol. The van der Waals surface area contributed by atoms with E-state index in [0.717, 1.165) is 6.61 Å². The molecule has 10 heavy (non-hydrogen) atoms. The third-order valence-corrected chi connectivity index (χ3v) is 2.43. The fourth-order valence-electron chi connectivity index (χ4n) is 0.654. The highest BCUT2D eigenvalue weighted by Crippen LogP contribution is 2.05. The van der Waals surface area contributed by atoms with E-state index in [2.05, 4.69) is 6.92 Å². The molecule has 1 nitrogen and oxygen atoms in total. The van der Waals surface area contributed by atoms with Crippen LogP contribution in [0.2, 0.25) is 0 Å². The molecule has 0 radical (unpaired) electrons. The van der Waals surface area contributed by atoms with E-state index in [-0.39, 0.29) is 0 Å². The molecule has 0 aliphatic heterocycles. The van der Waals surface area contributed by atoms with Crippen LogP contribution in [0, 0.1) is 0 Å². The molecule has 0 aromatic heterocycles. The van der Waals surface area contributed by atoms with Crippen LogP contribution in [0.15, 0.2) is 0 Å². The standard InChI is InChI=1S/C7H17BOS/c1-2-3-6-10-7-4-5-9-8/h2-8H2,1H3. The highest BCUT2D eigenvalue weighted by atomic mass is 32.2. The Morgan fingerprint density at radius 1 is 1.30 bits per heavy atom. The van der Waals surface area contributed by atoms with Gasteiger partial charge in [-0.05, 0) is 24.3 Å². The second-order valence-corrected chi connectivity index (χ2v) is 3.54. The van der Waals surface area contributed by atoms with Crippen molar-refractivity contribution in [3.8, 4) is 0 Å². The topological polar surface area (TPSA) is 9.23 Å². The highest BCUT2D eigenvalue weighted by molar-refractivity contribution is 7.99. The molecule has 0 saturated carbocycles. The molecule has 0 atom stereocenters. The van der Waals surface area contributed by atoms with Gasteiger partial charge in [0, 0.05) is 6.61 Å². The smallest absolute Gasteiger partial charge is 0.257 e. The van der Waals surface area contributed by atoms with Crippen molar-refractivity contribution < 1.29 is 4.65 Å². The summed E-state index contributed by atoms with van der Waals surface area (Å²) in [5, 5.41) is 0. The molecule has 0 aliphatic rings. The van der Waals surface area contributed by atoms with E-state index < -0.39 is 0 Å². The Hall–Kier alpha value is 0.375. The Balaban J connectivity index is 2.65. The molecule has 0 aromatic carbocycles. The number of hydrogen-bond donors (Lipinski definition) is 0. The fraction of sp³-hybridized carbons (Fsp3) is 1.00. The number of rotatable bonds is 7. The average molecular weight is 160 g/mol. The zero-order valence-electron chi connectivity index (χ0n) is 7.06. The van der Waals surface area contributed by atoms with E-state index >= 15 is 0 Å². The van der Waals surface area contributed by atoms with Crippen LogP contribution >= 0.6 is 11.8 Å². The number of thioether (sulfide) groups is 1. The van der Waals surface area contributed by atoms with Gasteiger partial charge in [0.2, 0.25) is 0 Å². The molecule has 0 N–H and O–H groups in total. The minimum atomic E-state index is 0.916. The van der Waals surface area contributed by atoms with Gasteiger partial charge in [0.25, 0.3) is 8.05 Å². The van der Waals surface area contributed by atoms with Gasteiger partial charge in [0.05, 0.1) is 0 Å². The van der Waals surface area contributed by atoms with Gasteiger partial charge in [-0.1, -0.05) is 13.3 Å². The van der Waals surface area contributed by atoms with Gasteiger partial charge in [-0.15, -0.1) is 0 Å². The lowest BCUT2D eigenvalue weighted by atomic mass is 10.4. The molecule has 0 fully saturated rings. The summed E-state index contributed by atoms with van der Waals surface area (Å²) < 4.78 is 4.94. The maximum absolute atomic E-state index is 4.94. The van der Waals surface area contributed by atoms with Gasteiger partial charge in [0.1, 0.15) is 0 Å². The van der Waals surface area contributed by atoms with Crippen LogP contribution in [0.1, 0.15) is 26.2 Å². The third kappa shape index (κ3) is 8.37. The van der Waals surface area contributed by atoms with Crippen LogP contribution in [0.25, 0.3) is 0 Å². The van der Waals surface area contributed by atoms with Crippen molar-refractivity contribution in [3.05, 3.63) is 0 Å². The molecule has 0 amide bonds. The highest BCUT2D eigenvalue weighted by Gasteiger charge is 1.87. The lowest BCUT2D eigenvalue weighted by Crippen LogP contribution is -1.92. The first-order valence-corrected chi connectivity index (χ1v) is 5.14. The second kappa shape index (κ2) is 9.37. The van der Waals surface area contributed by atoms with Crippen LogP contribution in [0.3, 0.4) is 0 Å². The molecule has 0 bridgehead atoms. The van der Waals surface area contributed by atoms with Crippen molar-refractivity contribution in [3.63, 3.8) is 0 Å². The Morgan fingerprint density at radius 2 is 2.00 bits per heavy atom. The third-order valence-electron chi connectivity index (χ3n) is 1.28. The molecule has 0 saturated heterocycles. The van der Waals surface area contributed by atoms with Crippen molar-refractivity contribution in [1.29, 1.82) is 0 Å². The molecule has 0 rings (SSSR count). The van der Waals surface area contributed by atoms with Crippen molar-refractivity contribution in [2.24, 2.45) is 0 Å². The summed E-state index contributed by atoms with van der Waals surface area (Å²) in [7, 11) is 1.76. The van der Waals surface area contributed by atoms with E-state index in [1.807, 2.05) is 11.8 Å². The normalized spacial score (nSPS) is 10.1. The molecule has 0 heterocycles. The maximum atomic E-state index is 4.94. The van der Waals surface area contributed by atoms with Crippen LogP contribution in [-0.4, -0.2) is 26.2 Å². The van der Waals surface area contributed by atoms with E-state index in [1.54, 1.807) is 8.05 Å². The van der Waals surface area contributed by atoms with Gasteiger partial charge in [0.15, 0.2) is 0 Å². The quantitative estimate of drug-likeness (QED) is 0.412. The molecule has 0 unspecified atom stereocenters. The average Bonchev–Trinajstić information content (AvgIpc) is 1.97. The second-order valence-electron chi connectivity index (χ2n) is 2.31. The van der Waals surface area contributed by atoms with E-state index in [9.17, 15) is 0 Å². The van der Waals surface area contributed by atoms with E-state index in [1.165, 1.54) is 30.8 Å². The molecule has 3 heteroatoms. The van der Waals surface area contributed by atoms with Gasteiger partial charge >= 0.3 is 0 Å². The van der Waals surface area contributed by atoms with E-state index in [0.29, 0.717) is 0 Å². The summed E-state index contributed by atoms with van der Waals surface area (Å²) in [6.07, 6.45) is 3.87. The summed E-state index contributed by atoms with van der Waals surface area (Å²) in [4.78, 5) is 0. The van der Waals surface area contributed by atoms with Crippen LogP contribution in [0.5, 0.6) is 0 Å². The SMILES string of the molecule is BOCCCSCCCC. The molecule has 60 valence electrons. The summed E-state index contributed by atoms with van der Waals surface area (Å²) >= 11 is 2.04. The maximum Gasteiger partial charge on any atom is 0.257 e. The van der Waals surface area contributed by atoms with Gasteiger partial charge in [-0.3, -0.25) is 0 Å². The predicted molar refractivity (Wildman–Crippen MR) is 51.3 cm³/mol. The predicted octanol–water partition coefficient (Wildman–Crippen LogP) is 1.47. The summed E-state index contributed by atoms with van der Waals surface area (Å²) in [6.45, 7) is 3.15. The summed E-state index contributed by atoms with van der Waals surface area (Å²) in [6, 6.07) is 0. The minimum absolute atomic E-state index is 0.916. The minimum Gasteiger partial charge on any atom is -0.444 e. The van der Waals surface area contributed by atoms with Crippen molar-refractivity contribution in [1.82, 2.24) is 0 Å². The summed E-state index contributed by atoms with van der Waals surface area (Å²) in [5.74, 6) is 2.58. The first kappa shape index (κ1) is 10.4. The Kier molecular flexibility index (Phi) is 9.73. The molecular formula is C7H17BOS.